The molecule has 0 radical (unpaired) electrons. The molecule has 0 aliphatic rings. The van der Waals surface area contributed by atoms with E-state index in [1.54, 1.807) is 0 Å². The zero-order chi connectivity index (χ0) is 14.5. The summed E-state index contributed by atoms with van der Waals surface area (Å²) in [5, 5.41) is 0. The molecule has 0 saturated heterocycles. The molecule has 0 aliphatic heterocycles. The van der Waals surface area contributed by atoms with Crippen LogP contribution >= 0.6 is 31.9 Å². The highest BCUT2D eigenvalue weighted by Gasteiger charge is 2.06. The van der Waals surface area contributed by atoms with Gasteiger partial charge in [-0.3, -0.25) is 0 Å². The molecule has 0 bridgehead atoms. The zero-order valence-electron chi connectivity index (χ0n) is 11.4. The van der Waals surface area contributed by atoms with Crippen LogP contribution in [0.15, 0.2) is 51.4 Å². The molecule has 0 heterocycles. The van der Waals surface area contributed by atoms with Gasteiger partial charge in [-0.15, -0.1) is 0 Å². The molecule has 4 heteroatoms. The third-order valence-electron chi connectivity index (χ3n) is 3.20. The Morgan fingerprint density at radius 2 is 1.90 bits per heavy atom. The first-order valence-electron chi connectivity index (χ1n) is 6.54. The van der Waals surface area contributed by atoms with Crippen LogP contribution in [0.25, 0.3) is 0 Å². The number of benzene rings is 2. The first kappa shape index (κ1) is 15.5. The molecule has 0 spiro atoms. The van der Waals surface area contributed by atoms with E-state index in [4.69, 9.17) is 5.73 Å². The molecule has 0 atom stereocenters. The second-order valence-electron chi connectivity index (χ2n) is 4.80. The molecule has 0 amide bonds. The lowest BCUT2D eigenvalue weighted by Gasteiger charge is -2.20. The summed E-state index contributed by atoms with van der Waals surface area (Å²) in [4.78, 5) is 2.23. The highest BCUT2D eigenvalue weighted by Crippen LogP contribution is 2.25. The smallest absolute Gasteiger partial charge is 0.0426 e. The Labute approximate surface area is 137 Å². The molecule has 0 aromatic heterocycles. The Morgan fingerprint density at radius 1 is 1.10 bits per heavy atom. The number of rotatable bonds is 5. The minimum atomic E-state index is 0.672. The topological polar surface area (TPSA) is 29.3 Å². The van der Waals surface area contributed by atoms with Crippen LogP contribution in [0.2, 0.25) is 0 Å². The van der Waals surface area contributed by atoms with Crippen molar-refractivity contribution in [3.63, 3.8) is 0 Å². The molecule has 106 valence electrons. The predicted molar refractivity (Wildman–Crippen MR) is 93.1 cm³/mol. The van der Waals surface area contributed by atoms with E-state index in [1.807, 2.05) is 6.07 Å². The molecule has 20 heavy (non-hydrogen) atoms. The van der Waals surface area contributed by atoms with Gasteiger partial charge in [-0.1, -0.05) is 50.1 Å². The van der Waals surface area contributed by atoms with E-state index in [0.29, 0.717) is 6.54 Å². The summed E-state index contributed by atoms with van der Waals surface area (Å²) in [6.45, 7) is 1.55. The van der Waals surface area contributed by atoms with Crippen molar-refractivity contribution in [3.05, 3.63) is 62.5 Å². The van der Waals surface area contributed by atoms with Crippen molar-refractivity contribution < 1.29 is 0 Å². The number of nitrogens with two attached hydrogens (primary N) is 1. The maximum Gasteiger partial charge on any atom is 0.0426 e. The Morgan fingerprint density at radius 3 is 2.55 bits per heavy atom. The van der Waals surface area contributed by atoms with E-state index >= 15 is 0 Å². The summed E-state index contributed by atoms with van der Waals surface area (Å²) in [5.74, 6) is 0. The van der Waals surface area contributed by atoms with Crippen molar-refractivity contribution in [2.24, 2.45) is 5.73 Å². The molecule has 0 saturated carbocycles. The van der Waals surface area contributed by atoms with E-state index in [-0.39, 0.29) is 0 Å². The second-order valence-corrected chi connectivity index (χ2v) is 6.57. The Kier molecular flexibility index (Phi) is 5.64. The van der Waals surface area contributed by atoms with Crippen LogP contribution in [0, 0.1) is 0 Å². The lowest BCUT2D eigenvalue weighted by atomic mass is 10.1. The summed E-state index contributed by atoms with van der Waals surface area (Å²) >= 11 is 7.13. The molecule has 2 N–H and O–H groups in total. The fourth-order valence-corrected chi connectivity index (χ4v) is 3.14. The van der Waals surface area contributed by atoms with Gasteiger partial charge >= 0.3 is 0 Å². The highest BCUT2D eigenvalue weighted by atomic mass is 79.9. The summed E-state index contributed by atoms with van der Waals surface area (Å²) in [6.07, 6.45) is 0.899. The second kappa shape index (κ2) is 7.25. The molecular weight excluding hydrogens is 380 g/mol. The quantitative estimate of drug-likeness (QED) is 0.812. The fraction of sp³-hybridized carbons (Fsp3) is 0.250. The monoisotopic (exact) mass is 396 g/mol. The number of hydrogen-bond donors (Lipinski definition) is 1. The first-order valence-corrected chi connectivity index (χ1v) is 8.13. The van der Waals surface area contributed by atoms with E-state index in [0.717, 1.165) is 21.9 Å². The lowest BCUT2D eigenvalue weighted by Crippen LogP contribution is -2.16. The average molecular weight is 398 g/mol. The van der Waals surface area contributed by atoms with Crippen LogP contribution in [-0.4, -0.2) is 13.6 Å². The van der Waals surface area contributed by atoms with Gasteiger partial charge in [0.2, 0.25) is 0 Å². The SMILES string of the molecule is CN(Cc1cccc(Br)c1)c1ccc(CCN)c(Br)c1. The first-order chi connectivity index (χ1) is 9.60. The van der Waals surface area contributed by atoms with Gasteiger partial charge in [0, 0.05) is 28.2 Å². The van der Waals surface area contributed by atoms with Gasteiger partial charge in [-0.2, -0.15) is 0 Å². The number of hydrogen-bond acceptors (Lipinski definition) is 2. The molecule has 2 aromatic rings. The van der Waals surface area contributed by atoms with Crippen LogP contribution in [0.3, 0.4) is 0 Å². The van der Waals surface area contributed by atoms with E-state index < -0.39 is 0 Å². The van der Waals surface area contributed by atoms with Gasteiger partial charge in [0.05, 0.1) is 0 Å². The number of anilines is 1. The maximum absolute atomic E-state index is 5.61. The van der Waals surface area contributed by atoms with Gasteiger partial charge in [-0.25, -0.2) is 0 Å². The third kappa shape index (κ3) is 4.08. The van der Waals surface area contributed by atoms with Crippen LogP contribution < -0.4 is 10.6 Å². The zero-order valence-corrected chi connectivity index (χ0v) is 14.6. The molecule has 0 aliphatic carbocycles. The Hall–Kier alpha value is -0.840. The lowest BCUT2D eigenvalue weighted by molar-refractivity contribution is 0.916. The van der Waals surface area contributed by atoms with Crippen molar-refractivity contribution in [3.8, 4) is 0 Å². The number of nitrogens with zero attached hydrogens (tertiary/aromatic N) is 1. The molecule has 0 unspecified atom stereocenters. The molecule has 2 aromatic carbocycles. The summed E-state index contributed by atoms with van der Waals surface area (Å²) in [6, 6.07) is 14.8. The normalized spacial score (nSPS) is 10.6. The van der Waals surface area contributed by atoms with Gasteiger partial charge in [0.15, 0.2) is 0 Å². The van der Waals surface area contributed by atoms with E-state index in [1.165, 1.54) is 16.8 Å². The number of halogens is 2. The van der Waals surface area contributed by atoms with Crippen molar-refractivity contribution >= 4 is 37.5 Å². The van der Waals surface area contributed by atoms with Gasteiger partial charge in [0.1, 0.15) is 0 Å². The van der Waals surface area contributed by atoms with Crippen molar-refractivity contribution in [2.75, 3.05) is 18.5 Å². The van der Waals surface area contributed by atoms with Gasteiger partial charge in [0.25, 0.3) is 0 Å². The summed E-state index contributed by atoms with van der Waals surface area (Å²) in [5.41, 5.74) is 9.34. The summed E-state index contributed by atoms with van der Waals surface area (Å²) < 4.78 is 2.24. The van der Waals surface area contributed by atoms with Crippen molar-refractivity contribution in [1.29, 1.82) is 0 Å². The van der Waals surface area contributed by atoms with E-state index in [9.17, 15) is 0 Å². The van der Waals surface area contributed by atoms with Crippen molar-refractivity contribution in [2.45, 2.75) is 13.0 Å². The Balaban J connectivity index is 2.13. The Bertz CT molecular complexity index is 584. The molecule has 2 nitrogen and oxygen atoms in total. The van der Waals surface area contributed by atoms with Crippen LogP contribution in [-0.2, 0) is 13.0 Å². The van der Waals surface area contributed by atoms with Crippen LogP contribution in [0.1, 0.15) is 11.1 Å². The standard InChI is InChI=1S/C16H18Br2N2/c1-20(11-12-3-2-4-14(17)9-12)15-6-5-13(7-8-19)16(18)10-15/h2-6,9-10H,7-8,11,19H2,1H3. The van der Waals surface area contributed by atoms with Crippen molar-refractivity contribution in [1.82, 2.24) is 0 Å². The summed E-state index contributed by atoms with van der Waals surface area (Å²) in [7, 11) is 2.10. The van der Waals surface area contributed by atoms with Crippen LogP contribution in [0.4, 0.5) is 5.69 Å². The van der Waals surface area contributed by atoms with Gasteiger partial charge < -0.3 is 10.6 Å². The highest BCUT2D eigenvalue weighted by molar-refractivity contribution is 9.10. The predicted octanol–water partition coefficient (Wildman–Crippen LogP) is 4.35. The average Bonchev–Trinajstić information content (AvgIpc) is 2.41. The third-order valence-corrected chi connectivity index (χ3v) is 4.43. The molecular formula is C16H18Br2N2. The minimum Gasteiger partial charge on any atom is -0.370 e. The maximum atomic E-state index is 5.61. The fourth-order valence-electron chi connectivity index (χ4n) is 2.13. The van der Waals surface area contributed by atoms with Gasteiger partial charge in [-0.05, 0) is 48.4 Å². The molecule has 2 rings (SSSR count). The largest absolute Gasteiger partial charge is 0.370 e. The molecule has 0 fully saturated rings. The minimum absolute atomic E-state index is 0.672. The van der Waals surface area contributed by atoms with Crippen LogP contribution in [0.5, 0.6) is 0 Å². The van der Waals surface area contributed by atoms with E-state index in [2.05, 4.69) is 80.2 Å².